The van der Waals surface area contributed by atoms with Crippen molar-refractivity contribution >= 4 is 69.6 Å². The van der Waals surface area contributed by atoms with Crippen molar-refractivity contribution in [2.45, 2.75) is 17.2 Å². The predicted octanol–water partition coefficient (Wildman–Crippen LogP) is 7.50. The number of amides is 2. The molecule has 0 bridgehead atoms. The molecule has 0 spiro atoms. The van der Waals surface area contributed by atoms with Gasteiger partial charge in [-0.3, -0.25) is 9.59 Å². The van der Waals surface area contributed by atoms with Crippen LogP contribution in [-0.4, -0.2) is 16.1 Å². The van der Waals surface area contributed by atoms with Gasteiger partial charge >= 0.3 is 0 Å². The summed E-state index contributed by atoms with van der Waals surface area (Å²) in [6, 6.07) is 9.46. The highest BCUT2D eigenvalue weighted by atomic mass is 35.5. The molecule has 0 radical (unpaired) electrons. The third kappa shape index (κ3) is 5.09. The summed E-state index contributed by atoms with van der Waals surface area (Å²) < 4.78 is 39.2. The first-order chi connectivity index (χ1) is 16.4. The van der Waals surface area contributed by atoms with E-state index in [0.29, 0.717) is 17.2 Å². The molecule has 0 saturated heterocycles. The van der Waals surface area contributed by atoms with Crippen molar-refractivity contribution in [2.24, 2.45) is 5.92 Å². The highest BCUT2D eigenvalue weighted by Gasteiger charge is 2.67. The molecule has 2 amide bonds. The van der Waals surface area contributed by atoms with Crippen molar-refractivity contribution in [3.05, 3.63) is 92.7 Å². The number of rotatable bonds is 5. The van der Waals surface area contributed by atoms with E-state index in [-0.39, 0.29) is 27.0 Å². The largest absolute Gasteiger partial charge is 0.326 e. The van der Waals surface area contributed by atoms with Gasteiger partial charge in [0.2, 0.25) is 5.91 Å². The predicted molar refractivity (Wildman–Crippen MR) is 131 cm³/mol. The monoisotopic (exact) mass is 560 g/mol. The topological polar surface area (TPSA) is 58.2 Å². The zero-order valence-electron chi connectivity index (χ0n) is 17.7. The minimum atomic E-state index is -1.46. The summed E-state index contributed by atoms with van der Waals surface area (Å²) in [5.41, 5.74) is 0.859. The fourth-order valence-electron chi connectivity index (χ4n) is 3.76. The van der Waals surface area contributed by atoms with Crippen LogP contribution in [0.25, 0.3) is 0 Å². The zero-order chi connectivity index (χ0) is 25.7. The summed E-state index contributed by atoms with van der Waals surface area (Å²) >= 11 is 24.7. The van der Waals surface area contributed by atoms with E-state index in [9.17, 15) is 22.8 Å². The third-order valence-corrected chi connectivity index (χ3v) is 7.30. The molecule has 2 N–H and O–H groups in total. The van der Waals surface area contributed by atoms with Crippen LogP contribution in [0.3, 0.4) is 0 Å². The average molecular weight is 562 g/mol. The lowest BCUT2D eigenvalue weighted by molar-refractivity contribution is -0.117. The van der Waals surface area contributed by atoms with Crippen LogP contribution in [0.1, 0.15) is 27.4 Å². The molecule has 0 aliphatic heterocycles. The fraction of sp³-hybridized carbons (Fsp3) is 0.167. The Kier molecular flexibility index (Phi) is 6.99. The second-order valence-corrected chi connectivity index (χ2v) is 10.3. The summed E-state index contributed by atoms with van der Waals surface area (Å²) in [5.74, 6) is -5.18. The quantitative estimate of drug-likeness (QED) is 0.317. The first kappa shape index (κ1) is 25.6. The lowest BCUT2D eigenvalue weighted by atomic mass is 10.1. The van der Waals surface area contributed by atoms with Crippen LogP contribution in [0, 0.1) is 30.3 Å². The van der Waals surface area contributed by atoms with Crippen molar-refractivity contribution in [1.82, 2.24) is 0 Å². The molecule has 1 fully saturated rings. The molecule has 0 aromatic heterocycles. The summed E-state index contributed by atoms with van der Waals surface area (Å²) in [6.07, 6.45) is 0. The van der Waals surface area contributed by atoms with Gasteiger partial charge in [0, 0.05) is 28.3 Å². The molecular formula is C24H15Cl4F3N2O2. The van der Waals surface area contributed by atoms with Crippen molar-refractivity contribution in [2.75, 3.05) is 10.6 Å². The van der Waals surface area contributed by atoms with Gasteiger partial charge in [0.15, 0.2) is 0 Å². The molecule has 11 heteroatoms. The van der Waals surface area contributed by atoms with E-state index in [1.54, 1.807) is 6.92 Å². The number of carbonyl (C=O) groups excluding carboxylic acids is 2. The highest BCUT2D eigenvalue weighted by molar-refractivity contribution is 6.53. The summed E-state index contributed by atoms with van der Waals surface area (Å²) in [5, 5.41) is 5.01. The maximum absolute atomic E-state index is 14.0. The van der Waals surface area contributed by atoms with E-state index >= 15 is 0 Å². The van der Waals surface area contributed by atoms with Gasteiger partial charge in [-0.2, -0.15) is 0 Å². The van der Waals surface area contributed by atoms with Crippen LogP contribution in [0.15, 0.2) is 48.5 Å². The van der Waals surface area contributed by atoms with E-state index < -0.39 is 45.4 Å². The first-order valence-corrected chi connectivity index (χ1v) is 11.6. The maximum Gasteiger partial charge on any atom is 0.256 e. The first-order valence-electron chi connectivity index (χ1n) is 10.1. The lowest BCUT2D eigenvalue weighted by Crippen LogP contribution is -2.19. The SMILES string of the molecule is Cc1c(Cl)cc(NC(=O)C2C(c3ccc(F)c(Cl)c3)C2(Cl)Cl)cc1C(=O)Nc1ccc(F)cc1F. The van der Waals surface area contributed by atoms with Crippen LogP contribution in [0.2, 0.25) is 10.0 Å². The molecule has 4 rings (SSSR count). The molecule has 35 heavy (non-hydrogen) atoms. The molecule has 4 nitrogen and oxygen atoms in total. The number of halogens is 7. The third-order valence-electron chi connectivity index (χ3n) is 5.67. The Balaban J connectivity index is 1.55. The normalized spacial score (nSPS) is 18.2. The summed E-state index contributed by atoms with van der Waals surface area (Å²) in [7, 11) is 0. The van der Waals surface area contributed by atoms with E-state index in [1.165, 1.54) is 24.3 Å². The Morgan fingerprint density at radius 2 is 1.60 bits per heavy atom. The van der Waals surface area contributed by atoms with Gasteiger partial charge in [-0.1, -0.05) is 29.3 Å². The molecule has 1 aliphatic carbocycles. The highest BCUT2D eigenvalue weighted by Crippen LogP contribution is 2.65. The Morgan fingerprint density at radius 3 is 2.26 bits per heavy atom. The molecule has 182 valence electrons. The van der Waals surface area contributed by atoms with Crippen LogP contribution in [0.5, 0.6) is 0 Å². The van der Waals surface area contributed by atoms with E-state index in [4.69, 9.17) is 46.4 Å². The van der Waals surface area contributed by atoms with Gasteiger partial charge in [0.05, 0.1) is 16.6 Å². The van der Waals surface area contributed by atoms with Gasteiger partial charge < -0.3 is 10.6 Å². The molecule has 0 heterocycles. The molecule has 3 aromatic rings. The van der Waals surface area contributed by atoms with Crippen molar-refractivity contribution in [1.29, 1.82) is 0 Å². The standard InChI is InChI=1S/C24H15Cl4F3N2O2/c1-10-14(22(34)33-19-5-3-12(29)7-18(19)31)8-13(9-15(10)25)32-23(35)21-20(24(21,27)28)11-2-4-17(30)16(26)6-11/h2-9,20-21H,1H3,(H,32,35)(H,33,34). The van der Waals surface area contributed by atoms with Gasteiger partial charge in [-0.25, -0.2) is 13.2 Å². The number of anilines is 2. The zero-order valence-corrected chi connectivity index (χ0v) is 20.8. The lowest BCUT2D eigenvalue weighted by Gasteiger charge is -2.13. The second kappa shape index (κ2) is 9.54. The fourth-order valence-corrected chi connectivity index (χ4v) is 5.00. The van der Waals surface area contributed by atoms with Gasteiger partial charge in [0.1, 0.15) is 21.8 Å². The Bertz CT molecular complexity index is 1370. The van der Waals surface area contributed by atoms with E-state index in [0.717, 1.165) is 18.2 Å². The maximum atomic E-state index is 14.0. The molecule has 3 aromatic carbocycles. The minimum absolute atomic E-state index is 0.0530. The number of hydrogen-bond donors (Lipinski definition) is 2. The van der Waals surface area contributed by atoms with Gasteiger partial charge in [-0.15, -0.1) is 23.2 Å². The van der Waals surface area contributed by atoms with Crippen molar-refractivity contribution in [3.63, 3.8) is 0 Å². The number of alkyl halides is 2. The minimum Gasteiger partial charge on any atom is -0.326 e. The summed E-state index contributed by atoms with van der Waals surface area (Å²) in [6.45, 7) is 1.57. The molecule has 1 aliphatic rings. The molecule has 1 saturated carbocycles. The van der Waals surface area contributed by atoms with Crippen molar-refractivity contribution < 1.29 is 22.8 Å². The Hall–Kier alpha value is -2.45. The van der Waals surface area contributed by atoms with Crippen LogP contribution in [-0.2, 0) is 4.79 Å². The number of hydrogen-bond acceptors (Lipinski definition) is 2. The molecular weight excluding hydrogens is 547 g/mol. The van der Waals surface area contributed by atoms with E-state index in [2.05, 4.69) is 10.6 Å². The average Bonchev–Trinajstić information content (AvgIpc) is 3.36. The molecule has 2 atom stereocenters. The van der Waals surface area contributed by atoms with Crippen molar-refractivity contribution in [3.8, 4) is 0 Å². The Labute approximate surface area is 218 Å². The van der Waals surface area contributed by atoms with Crippen LogP contribution < -0.4 is 10.6 Å². The molecule has 2 unspecified atom stereocenters. The van der Waals surface area contributed by atoms with Crippen LogP contribution >= 0.6 is 46.4 Å². The Morgan fingerprint density at radius 1 is 0.886 bits per heavy atom. The number of carbonyl (C=O) groups is 2. The van der Waals surface area contributed by atoms with Gasteiger partial charge in [-0.05, 0) is 54.4 Å². The summed E-state index contributed by atoms with van der Waals surface area (Å²) in [4.78, 5) is 25.7. The van der Waals surface area contributed by atoms with E-state index in [1.807, 2.05) is 0 Å². The number of nitrogens with one attached hydrogen (secondary N) is 2. The van der Waals surface area contributed by atoms with Gasteiger partial charge in [0.25, 0.3) is 5.91 Å². The number of benzene rings is 3. The van der Waals surface area contributed by atoms with Crippen LogP contribution in [0.4, 0.5) is 24.5 Å². The smallest absolute Gasteiger partial charge is 0.256 e. The second-order valence-electron chi connectivity index (χ2n) is 8.00.